The van der Waals surface area contributed by atoms with Crippen molar-refractivity contribution in [2.75, 3.05) is 13.1 Å². The van der Waals surface area contributed by atoms with Gasteiger partial charge in [0.1, 0.15) is 19.0 Å². The lowest BCUT2D eigenvalue weighted by Gasteiger charge is -2.15. The third-order valence-corrected chi connectivity index (χ3v) is 5.03. The zero-order valence-corrected chi connectivity index (χ0v) is 16.6. The first-order valence-corrected chi connectivity index (χ1v) is 10.0. The number of ether oxygens (including phenoxy) is 2. The van der Waals surface area contributed by atoms with E-state index in [1.165, 1.54) is 6.26 Å². The first-order valence-electron chi connectivity index (χ1n) is 10.0. The number of amides is 1. The average molecular weight is 405 g/mol. The van der Waals surface area contributed by atoms with Crippen molar-refractivity contribution in [3.8, 4) is 5.75 Å². The Balaban J connectivity index is 1.31. The molecule has 154 valence electrons. The number of likely N-dealkylation sites (tertiary alicyclic amines) is 1. The maximum Gasteiger partial charge on any atom is 0.374 e. The molecular weight excluding hydrogens is 382 g/mol. The van der Waals surface area contributed by atoms with Crippen molar-refractivity contribution in [2.45, 2.75) is 26.1 Å². The molecule has 0 unspecified atom stereocenters. The maximum atomic E-state index is 12.4. The lowest BCUT2D eigenvalue weighted by atomic mass is 10.1. The number of carbonyl (C=O) groups excluding carboxylic acids is 2. The highest BCUT2D eigenvalue weighted by molar-refractivity contribution is 5.94. The number of para-hydroxylation sites is 1. The monoisotopic (exact) mass is 405 g/mol. The van der Waals surface area contributed by atoms with E-state index < -0.39 is 5.97 Å². The Hall–Kier alpha value is -3.54. The van der Waals surface area contributed by atoms with Crippen molar-refractivity contribution in [3.05, 3.63) is 89.4 Å². The molecule has 2 aromatic carbocycles. The van der Waals surface area contributed by atoms with Crippen LogP contribution in [0, 0.1) is 0 Å². The molecule has 6 nitrogen and oxygen atoms in total. The van der Waals surface area contributed by atoms with E-state index in [9.17, 15) is 9.59 Å². The van der Waals surface area contributed by atoms with Gasteiger partial charge in [-0.25, -0.2) is 4.79 Å². The summed E-state index contributed by atoms with van der Waals surface area (Å²) in [5.41, 5.74) is 2.07. The quantitative estimate of drug-likeness (QED) is 0.543. The predicted molar refractivity (Wildman–Crippen MR) is 110 cm³/mol. The van der Waals surface area contributed by atoms with Crippen molar-refractivity contribution in [3.63, 3.8) is 0 Å². The van der Waals surface area contributed by atoms with Gasteiger partial charge < -0.3 is 18.8 Å². The second-order valence-corrected chi connectivity index (χ2v) is 7.15. The predicted octanol–water partition coefficient (Wildman–Crippen LogP) is 4.45. The number of rotatable bonds is 7. The summed E-state index contributed by atoms with van der Waals surface area (Å²) in [6, 6.07) is 18.2. The van der Waals surface area contributed by atoms with E-state index in [-0.39, 0.29) is 24.9 Å². The Bertz CT molecular complexity index is 988. The van der Waals surface area contributed by atoms with E-state index >= 15 is 0 Å². The van der Waals surface area contributed by atoms with Gasteiger partial charge in [0.15, 0.2) is 0 Å². The summed E-state index contributed by atoms with van der Waals surface area (Å²) in [6.45, 7) is 1.93. The zero-order chi connectivity index (χ0) is 20.8. The summed E-state index contributed by atoms with van der Waals surface area (Å²) in [6.07, 6.45) is 3.56. The van der Waals surface area contributed by atoms with Gasteiger partial charge in [0.25, 0.3) is 5.91 Å². The van der Waals surface area contributed by atoms with E-state index in [4.69, 9.17) is 13.9 Å². The molecule has 0 N–H and O–H groups in total. The number of esters is 1. The highest BCUT2D eigenvalue weighted by Gasteiger charge is 2.20. The van der Waals surface area contributed by atoms with E-state index in [2.05, 4.69) is 0 Å². The third-order valence-electron chi connectivity index (χ3n) is 5.03. The Morgan fingerprint density at radius 3 is 2.37 bits per heavy atom. The SMILES string of the molecule is O=C(OCc1ccc(C(=O)N2CCCC2)cc1)c1occc1COc1ccccc1. The van der Waals surface area contributed by atoms with E-state index in [0.29, 0.717) is 16.9 Å². The number of nitrogens with zero attached hydrogens (tertiary/aromatic N) is 1. The molecule has 30 heavy (non-hydrogen) atoms. The first-order chi connectivity index (χ1) is 14.7. The standard InChI is InChI=1S/C24H23NO5/c26-23(25-13-4-5-14-25)19-10-8-18(9-11-19)16-30-24(27)22-20(12-15-28-22)17-29-21-6-2-1-3-7-21/h1-3,6-12,15H,4-5,13-14,16-17H2. The molecule has 1 saturated heterocycles. The fraction of sp³-hybridized carbons (Fsp3) is 0.250. The third kappa shape index (κ3) is 4.71. The number of furan rings is 1. The topological polar surface area (TPSA) is 69.0 Å². The second kappa shape index (κ2) is 9.31. The van der Waals surface area contributed by atoms with Crippen LogP contribution in [0.2, 0.25) is 0 Å². The molecule has 0 aliphatic carbocycles. The van der Waals surface area contributed by atoms with Crippen LogP contribution in [0.25, 0.3) is 0 Å². The van der Waals surface area contributed by atoms with Gasteiger partial charge in [-0.1, -0.05) is 30.3 Å². The van der Waals surface area contributed by atoms with Crippen molar-refractivity contribution >= 4 is 11.9 Å². The fourth-order valence-corrected chi connectivity index (χ4v) is 3.37. The Kier molecular flexibility index (Phi) is 6.13. The minimum Gasteiger partial charge on any atom is -0.489 e. The largest absolute Gasteiger partial charge is 0.489 e. The molecule has 1 fully saturated rings. The van der Waals surface area contributed by atoms with Gasteiger partial charge in [-0.2, -0.15) is 0 Å². The van der Waals surface area contributed by atoms with Gasteiger partial charge >= 0.3 is 5.97 Å². The minimum atomic E-state index is -0.552. The normalized spacial score (nSPS) is 13.3. The van der Waals surface area contributed by atoms with Crippen LogP contribution in [0.4, 0.5) is 0 Å². The van der Waals surface area contributed by atoms with Gasteiger partial charge in [-0.3, -0.25) is 4.79 Å². The van der Waals surface area contributed by atoms with Gasteiger partial charge in [0.2, 0.25) is 5.76 Å². The van der Waals surface area contributed by atoms with Gasteiger partial charge in [-0.15, -0.1) is 0 Å². The number of hydrogen-bond donors (Lipinski definition) is 0. The average Bonchev–Trinajstić information content (AvgIpc) is 3.49. The van der Waals surface area contributed by atoms with Crippen molar-refractivity contribution in [2.24, 2.45) is 0 Å². The molecular formula is C24H23NO5. The molecule has 2 heterocycles. The number of benzene rings is 2. The molecule has 4 rings (SSSR count). The summed E-state index contributed by atoms with van der Waals surface area (Å²) in [4.78, 5) is 26.7. The van der Waals surface area contributed by atoms with Crippen LogP contribution in [-0.4, -0.2) is 29.9 Å². The van der Waals surface area contributed by atoms with Crippen LogP contribution >= 0.6 is 0 Å². The molecule has 0 saturated carbocycles. The summed E-state index contributed by atoms with van der Waals surface area (Å²) in [5.74, 6) is 0.340. The van der Waals surface area contributed by atoms with Crippen molar-refractivity contribution in [1.29, 1.82) is 0 Å². The lowest BCUT2D eigenvalue weighted by Crippen LogP contribution is -2.27. The van der Waals surface area contributed by atoms with E-state index in [0.717, 1.165) is 31.5 Å². The highest BCUT2D eigenvalue weighted by Crippen LogP contribution is 2.18. The Morgan fingerprint density at radius 1 is 0.900 bits per heavy atom. The number of hydrogen-bond acceptors (Lipinski definition) is 5. The molecule has 0 bridgehead atoms. The van der Waals surface area contributed by atoms with Gasteiger partial charge in [0.05, 0.1) is 6.26 Å². The van der Waals surface area contributed by atoms with Crippen LogP contribution in [0.15, 0.2) is 71.3 Å². The van der Waals surface area contributed by atoms with Crippen LogP contribution in [-0.2, 0) is 18.0 Å². The molecule has 1 amide bonds. The summed E-state index contributed by atoms with van der Waals surface area (Å²) in [5, 5.41) is 0. The summed E-state index contributed by atoms with van der Waals surface area (Å²) in [7, 11) is 0. The van der Waals surface area contributed by atoms with Crippen LogP contribution in [0.1, 0.15) is 44.9 Å². The summed E-state index contributed by atoms with van der Waals surface area (Å²) < 4.78 is 16.4. The zero-order valence-electron chi connectivity index (χ0n) is 16.6. The van der Waals surface area contributed by atoms with Crippen LogP contribution in [0.5, 0.6) is 5.75 Å². The fourth-order valence-electron chi connectivity index (χ4n) is 3.37. The molecule has 1 aliphatic rings. The van der Waals surface area contributed by atoms with Gasteiger partial charge in [-0.05, 0) is 48.7 Å². The molecule has 0 atom stereocenters. The smallest absolute Gasteiger partial charge is 0.374 e. The second-order valence-electron chi connectivity index (χ2n) is 7.15. The molecule has 6 heteroatoms. The minimum absolute atomic E-state index is 0.0506. The number of carbonyl (C=O) groups is 2. The van der Waals surface area contributed by atoms with Crippen LogP contribution in [0.3, 0.4) is 0 Å². The van der Waals surface area contributed by atoms with E-state index in [1.807, 2.05) is 35.2 Å². The molecule has 0 spiro atoms. The lowest BCUT2D eigenvalue weighted by molar-refractivity contribution is 0.0432. The van der Waals surface area contributed by atoms with Crippen molar-refractivity contribution < 1.29 is 23.5 Å². The van der Waals surface area contributed by atoms with Crippen molar-refractivity contribution in [1.82, 2.24) is 4.90 Å². The Labute approximate surface area is 175 Å². The highest BCUT2D eigenvalue weighted by atomic mass is 16.5. The molecule has 3 aromatic rings. The van der Waals surface area contributed by atoms with Gasteiger partial charge in [0, 0.05) is 24.2 Å². The molecule has 1 aromatic heterocycles. The Morgan fingerprint density at radius 2 is 1.63 bits per heavy atom. The molecule has 0 radical (unpaired) electrons. The van der Waals surface area contributed by atoms with E-state index in [1.54, 1.807) is 30.3 Å². The summed E-state index contributed by atoms with van der Waals surface area (Å²) >= 11 is 0. The first kappa shape index (κ1) is 19.8. The maximum absolute atomic E-state index is 12.4. The van der Waals surface area contributed by atoms with Crippen LogP contribution < -0.4 is 4.74 Å². The molecule has 1 aliphatic heterocycles.